The number of hydrogen-bond acceptors (Lipinski definition) is 2. The molecule has 114 valence electrons. The summed E-state index contributed by atoms with van der Waals surface area (Å²) in [4.78, 5) is 14.2. The molecule has 0 unspecified atom stereocenters. The Kier molecular flexibility index (Phi) is 5.83. The first kappa shape index (κ1) is 16.1. The molecule has 3 nitrogen and oxygen atoms in total. The van der Waals surface area contributed by atoms with Crippen molar-refractivity contribution in [3.8, 4) is 0 Å². The number of halogens is 1. The van der Waals surface area contributed by atoms with Gasteiger partial charge in [0.2, 0.25) is 5.91 Å². The summed E-state index contributed by atoms with van der Waals surface area (Å²) in [5, 5.41) is 9.67. The number of benzene rings is 1. The summed E-state index contributed by atoms with van der Waals surface area (Å²) in [6.45, 7) is 2.70. The normalized spacial score (nSPS) is 15.2. The molecule has 0 atom stereocenters. The van der Waals surface area contributed by atoms with E-state index in [4.69, 9.17) is 16.7 Å². The van der Waals surface area contributed by atoms with Gasteiger partial charge in [-0.15, -0.1) is 0 Å². The number of rotatable bonds is 6. The third kappa shape index (κ3) is 4.32. The molecule has 1 aliphatic carbocycles. The summed E-state index contributed by atoms with van der Waals surface area (Å²) in [5.41, 5.74) is 1.95. The zero-order valence-corrected chi connectivity index (χ0v) is 13.1. The Balaban J connectivity index is 2.02. The number of carbonyl (C=O) groups is 1. The molecular formula is C17H22ClNO2. The largest absolute Gasteiger partial charge is 0.396 e. The highest BCUT2D eigenvalue weighted by atomic mass is 35.5. The molecule has 1 aliphatic rings. The van der Waals surface area contributed by atoms with E-state index in [2.05, 4.69) is 0 Å². The van der Waals surface area contributed by atoms with Crippen LogP contribution < -0.4 is 0 Å². The van der Waals surface area contributed by atoms with Gasteiger partial charge in [-0.1, -0.05) is 23.7 Å². The molecule has 1 N–H and O–H groups in total. The fourth-order valence-electron chi connectivity index (χ4n) is 2.39. The Hall–Kier alpha value is -1.32. The van der Waals surface area contributed by atoms with E-state index in [1.165, 1.54) is 6.42 Å². The van der Waals surface area contributed by atoms with Crippen molar-refractivity contribution in [2.24, 2.45) is 0 Å². The third-order valence-electron chi connectivity index (χ3n) is 3.97. The van der Waals surface area contributed by atoms with E-state index in [0.29, 0.717) is 24.0 Å². The smallest absolute Gasteiger partial charge is 0.246 e. The van der Waals surface area contributed by atoms with Crippen LogP contribution in [0.15, 0.2) is 24.3 Å². The van der Waals surface area contributed by atoms with Gasteiger partial charge >= 0.3 is 0 Å². The first-order valence-electron chi connectivity index (χ1n) is 7.47. The lowest BCUT2D eigenvalue weighted by molar-refractivity contribution is -0.130. The minimum atomic E-state index is 0.0184. The number of carbonyl (C=O) groups excluding carboxylic acids is 1. The van der Waals surface area contributed by atoms with Crippen LogP contribution in [-0.2, 0) is 4.79 Å². The number of hydrogen-bond donors (Lipinski definition) is 1. The minimum Gasteiger partial charge on any atom is -0.396 e. The molecule has 4 heteroatoms. The number of amides is 1. The SMILES string of the molecule is Cc1ccc(/C=C/C(=O)N(CCCO)C2CCC2)cc1Cl. The fourth-order valence-corrected chi connectivity index (χ4v) is 2.58. The average Bonchev–Trinajstić information content (AvgIpc) is 2.42. The average molecular weight is 308 g/mol. The van der Waals surface area contributed by atoms with Crippen molar-refractivity contribution in [1.29, 1.82) is 0 Å². The number of aryl methyl sites for hydroxylation is 1. The molecule has 1 aromatic carbocycles. The van der Waals surface area contributed by atoms with Crippen LogP contribution in [0.25, 0.3) is 6.08 Å². The van der Waals surface area contributed by atoms with Gasteiger partial charge in [-0.3, -0.25) is 4.79 Å². The Morgan fingerprint density at radius 3 is 2.81 bits per heavy atom. The second kappa shape index (κ2) is 7.62. The lowest BCUT2D eigenvalue weighted by atomic mass is 9.91. The molecule has 0 spiro atoms. The minimum absolute atomic E-state index is 0.0184. The van der Waals surface area contributed by atoms with Gasteiger partial charge in [-0.25, -0.2) is 0 Å². The van der Waals surface area contributed by atoms with Gasteiger partial charge in [-0.05, 0) is 55.9 Å². The summed E-state index contributed by atoms with van der Waals surface area (Å²) in [6, 6.07) is 6.10. The van der Waals surface area contributed by atoms with Crippen molar-refractivity contribution >= 4 is 23.6 Å². The maximum Gasteiger partial charge on any atom is 0.246 e. The number of nitrogens with zero attached hydrogens (tertiary/aromatic N) is 1. The Morgan fingerprint density at radius 2 is 2.24 bits per heavy atom. The second-order valence-corrected chi connectivity index (χ2v) is 5.94. The summed E-state index contributed by atoms with van der Waals surface area (Å²) < 4.78 is 0. The van der Waals surface area contributed by atoms with Crippen molar-refractivity contribution in [2.45, 2.75) is 38.6 Å². The zero-order valence-electron chi connectivity index (χ0n) is 12.4. The number of aliphatic hydroxyl groups is 1. The molecule has 0 radical (unpaired) electrons. The monoisotopic (exact) mass is 307 g/mol. The maximum atomic E-state index is 12.3. The number of aliphatic hydroxyl groups excluding tert-OH is 1. The van der Waals surface area contributed by atoms with Crippen LogP contribution >= 0.6 is 11.6 Å². The molecule has 1 amide bonds. The van der Waals surface area contributed by atoms with E-state index in [9.17, 15) is 4.79 Å². The van der Waals surface area contributed by atoms with Crippen molar-refractivity contribution in [3.05, 3.63) is 40.4 Å². The molecule has 21 heavy (non-hydrogen) atoms. The van der Waals surface area contributed by atoms with Crippen molar-refractivity contribution in [1.82, 2.24) is 4.90 Å². The van der Waals surface area contributed by atoms with Crippen LogP contribution in [0.2, 0.25) is 5.02 Å². The molecule has 2 rings (SSSR count). The van der Waals surface area contributed by atoms with Crippen LogP contribution in [0.5, 0.6) is 0 Å². The fraction of sp³-hybridized carbons (Fsp3) is 0.471. The molecule has 1 aromatic rings. The highest BCUT2D eigenvalue weighted by molar-refractivity contribution is 6.31. The molecule has 0 aromatic heterocycles. The van der Waals surface area contributed by atoms with Gasteiger partial charge < -0.3 is 10.0 Å². The molecule has 0 heterocycles. The molecule has 0 aliphatic heterocycles. The molecule has 1 fully saturated rings. The van der Waals surface area contributed by atoms with Crippen LogP contribution in [-0.4, -0.2) is 35.1 Å². The van der Waals surface area contributed by atoms with E-state index in [1.807, 2.05) is 30.0 Å². The lowest BCUT2D eigenvalue weighted by Gasteiger charge is -2.37. The highest BCUT2D eigenvalue weighted by Gasteiger charge is 2.26. The van der Waals surface area contributed by atoms with Gasteiger partial charge in [0.1, 0.15) is 0 Å². The summed E-state index contributed by atoms with van der Waals surface area (Å²) >= 11 is 6.09. The van der Waals surface area contributed by atoms with Crippen molar-refractivity contribution in [2.75, 3.05) is 13.2 Å². The van der Waals surface area contributed by atoms with E-state index in [0.717, 1.165) is 24.0 Å². The van der Waals surface area contributed by atoms with Gasteiger partial charge in [-0.2, -0.15) is 0 Å². The quantitative estimate of drug-likeness (QED) is 0.818. The third-order valence-corrected chi connectivity index (χ3v) is 4.38. The first-order valence-corrected chi connectivity index (χ1v) is 7.85. The summed E-state index contributed by atoms with van der Waals surface area (Å²) in [7, 11) is 0. The van der Waals surface area contributed by atoms with E-state index < -0.39 is 0 Å². The molecule has 0 bridgehead atoms. The Labute approximate surface area is 131 Å². The van der Waals surface area contributed by atoms with Gasteiger partial charge in [0, 0.05) is 30.3 Å². The topological polar surface area (TPSA) is 40.5 Å². The molecular weight excluding hydrogens is 286 g/mol. The standard InChI is InChI=1S/C17H22ClNO2/c1-13-6-7-14(12-16(13)18)8-9-17(21)19(10-3-11-20)15-4-2-5-15/h6-9,12,15,20H,2-5,10-11H2,1H3/b9-8+. The maximum absolute atomic E-state index is 12.3. The second-order valence-electron chi connectivity index (χ2n) is 5.54. The Morgan fingerprint density at radius 1 is 1.48 bits per heavy atom. The summed E-state index contributed by atoms with van der Waals surface area (Å²) in [5.74, 6) is 0.0184. The Bertz CT molecular complexity index is 524. The van der Waals surface area contributed by atoms with E-state index in [1.54, 1.807) is 12.2 Å². The van der Waals surface area contributed by atoms with Crippen LogP contribution in [0.4, 0.5) is 0 Å². The van der Waals surface area contributed by atoms with Crippen LogP contribution in [0.3, 0.4) is 0 Å². The predicted octanol–water partition coefficient (Wildman–Crippen LogP) is 3.43. The van der Waals surface area contributed by atoms with Crippen LogP contribution in [0.1, 0.15) is 36.8 Å². The van der Waals surface area contributed by atoms with Crippen molar-refractivity contribution < 1.29 is 9.90 Å². The molecule has 0 saturated heterocycles. The van der Waals surface area contributed by atoms with E-state index in [-0.39, 0.29) is 12.5 Å². The zero-order chi connectivity index (χ0) is 15.2. The summed E-state index contributed by atoms with van der Waals surface area (Å²) in [6.07, 6.45) is 7.37. The van der Waals surface area contributed by atoms with Gasteiger partial charge in [0.25, 0.3) is 0 Å². The van der Waals surface area contributed by atoms with Crippen molar-refractivity contribution in [3.63, 3.8) is 0 Å². The lowest BCUT2D eigenvalue weighted by Crippen LogP contribution is -2.44. The van der Waals surface area contributed by atoms with Gasteiger partial charge in [0.15, 0.2) is 0 Å². The highest BCUT2D eigenvalue weighted by Crippen LogP contribution is 2.25. The predicted molar refractivity (Wildman–Crippen MR) is 86.3 cm³/mol. The van der Waals surface area contributed by atoms with Crippen LogP contribution in [0, 0.1) is 6.92 Å². The molecule has 1 saturated carbocycles. The van der Waals surface area contributed by atoms with Gasteiger partial charge in [0.05, 0.1) is 0 Å². The first-order chi connectivity index (χ1) is 10.1. The van der Waals surface area contributed by atoms with E-state index >= 15 is 0 Å².